The van der Waals surface area contributed by atoms with E-state index in [4.69, 9.17) is 21.1 Å². The van der Waals surface area contributed by atoms with Crippen LogP contribution < -0.4 is 4.74 Å². The van der Waals surface area contributed by atoms with Crippen molar-refractivity contribution in [2.45, 2.75) is 31.4 Å². The van der Waals surface area contributed by atoms with E-state index >= 15 is 0 Å². The molecule has 0 bridgehead atoms. The highest BCUT2D eigenvalue weighted by Crippen LogP contribution is 2.47. The predicted molar refractivity (Wildman–Crippen MR) is 72.4 cm³/mol. The minimum absolute atomic E-state index is 0.430. The minimum atomic E-state index is -0.481. The lowest BCUT2D eigenvalue weighted by molar-refractivity contribution is 0.178. The summed E-state index contributed by atoms with van der Waals surface area (Å²) in [6.45, 7) is 0.430. The van der Waals surface area contributed by atoms with Crippen molar-refractivity contribution >= 4 is 17.7 Å². The first kappa shape index (κ1) is 14.1. The summed E-state index contributed by atoms with van der Waals surface area (Å²) in [6.07, 6.45) is 4.40. The van der Waals surface area contributed by atoms with Crippen LogP contribution in [-0.4, -0.2) is 20.3 Å². The number of rotatable bonds is 5. The maximum Gasteiger partial charge on any atom is 0.235 e. The van der Waals surface area contributed by atoms with Crippen molar-refractivity contribution < 1.29 is 14.3 Å². The van der Waals surface area contributed by atoms with Gasteiger partial charge in [0.15, 0.2) is 0 Å². The molecule has 1 aliphatic carbocycles. The summed E-state index contributed by atoms with van der Waals surface area (Å²) in [6, 6.07) is 3.68. The van der Waals surface area contributed by atoms with Gasteiger partial charge in [0.1, 0.15) is 5.75 Å². The topological polar surface area (TPSA) is 47.9 Å². The van der Waals surface area contributed by atoms with Crippen LogP contribution in [0.4, 0.5) is 0 Å². The third-order valence-corrected chi connectivity index (χ3v) is 3.91. The quantitative estimate of drug-likeness (QED) is 0.615. The third kappa shape index (κ3) is 2.52. The smallest absolute Gasteiger partial charge is 0.235 e. The van der Waals surface area contributed by atoms with Gasteiger partial charge in [0.2, 0.25) is 6.08 Å². The van der Waals surface area contributed by atoms with Gasteiger partial charge in [-0.1, -0.05) is 11.6 Å². The van der Waals surface area contributed by atoms with Crippen molar-refractivity contribution in [2.75, 3.05) is 14.2 Å². The zero-order valence-corrected chi connectivity index (χ0v) is 11.8. The monoisotopic (exact) mass is 281 g/mol. The second-order valence-electron chi connectivity index (χ2n) is 4.67. The van der Waals surface area contributed by atoms with Crippen molar-refractivity contribution in [3.05, 3.63) is 28.3 Å². The van der Waals surface area contributed by atoms with E-state index in [1.165, 1.54) is 0 Å². The number of aliphatic imine (C=N–C) groups is 1. The number of ether oxygens (including phenoxy) is 2. The Morgan fingerprint density at radius 3 is 2.63 bits per heavy atom. The van der Waals surface area contributed by atoms with Crippen LogP contribution in [0.15, 0.2) is 17.1 Å². The van der Waals surface area contributed by atoms with Crippen LogP contribution in [-0.2, 0) is 21.7 Å². The SMILES string of the molecule is COCc1cc(OC)c(Cl)cc1C1(N=C=O)CCC1. The number of methoxy groups -OCH3 is 2. The molecular weight excluding hydrogens is 266 g/mol. The summed E-state index contributed by atoms with van der Waals surface area (Å²) in [7, 11) is 3.20. The lowest BCUT2D eigenvalue weighted by Gasteiger charge is -2.38. The molecule has 0 heterocycles. The van der Waals surface area contributed by atoms with E-state index in [0.717, 1.165) is 30.4 Å². The fraction of sp³-hybridized carbons (Fsp3) is 0.500. The Balaban J connectivity index is 2.54. The van der Waals surface area contributed by atoms with Gasteiger partial charge in [-0.05, 0) is 42.5 Å². The Labute approximate surface area is 117 Å². The van der Waals surface area contributed by atoms with Gasteiger partial charge in [0, 0.05) is 7.11 Å². The highest BCUT2D eigenvalue weighted by atomic mass is 35.5. The van der Waals surface area contributed by atoms with Crippen LogP contribution in [0.5, 0.6) is 5.75 Å². The van der Waals surface area contributed by atoms with Gasteiger partial charge < -0.3 is 9.47 Å². The summed E-state index contributed by atoms with van der Waals surface area (Å²) >= 11 is 6.18. The molecule has 2 rings (SSSR count). The van der Waals surface area contributed by atoms with Crippen molar-refractivity contribution in [3.63, 3.8) is 0 Å². The number of halogens is 1. The zero-order chi connectivity index (χ0) is 13.9. The number of carbonyl (C=O) groups excluding carboxylic acids is 1. The van der Waals surface area contributed by atoms with Crippen LogP contribution >= 0.6 is 11.6 Å². The van der Waals surface area contributed by atoms with Crippen molar-refractivity contribution in [1.82, 2.24) is 0 Å². The molecule has 1 aromatic rings. The van der Waals surface area contributed by atoms with E-state index in [2.05, 4.69) is 4.99 Å². The number of nitrogens with zero attached hydrogens (tertiary/aromatic N) is 1. The van der Waals surface area contributed by atoms with Crippen molar-refractivity contribution in [1.29, 1.82) is 0 Å². The highest BCUT2D eigenvalue weighted by molar-refractivity contribution is 6.32. The van der Waals surface area contributed by atoms with Gasteiger partial charge in [-0.2, -0.15) is 4.99 Å². The summed E-state index contributed by atoms with van der Waals surface area (Å²) < 4.78 is 10.4. The zero-order valence-electron chi connectivity index (χ0n) is 11.0. The molecule has 1 fully saturated rings. The minimum Gasteiger partial charge on any atom is -0.495 e. The molecular formula is C14H16ClNO3. The maximum absolute atomic E-state index is 10.7. The Bertz CT molecular complexity index is 520. The number of hydrogen-bond donors (Lipinski definition) is 0. The van der Waals surface area contributed by atoms with Gasteiger partial charge in [0.25, 0.3) is 0 Å². The van der Waals surface area contributed by atoms with E-state index in [0.29, 0.717) is 17.4 Å². The van der Waals surface area contributed by atoms with Gasteiger partial charge in [-0.3, -0.25) is 0 Å². The molecule has 0 amide bonds. The van der Waals surface area contributed by atoms with Crippen molar-refractivity contribution in [2.24, 2.45) is 4.99 Å². The van der Waals surface area contributed by atoms with Crippen molar-refractivity contribution in [3.8, 4) is 5.75 Å². The Morgan fingerprint density at radius 2 is 2.16 bits per heavy atom. The summed E-state index contributed by atoms with van der Waals surface area (Å²) in [4.78, 5) is 14.7. The fourth-order valence-corrected chi connectivity index (χ4v) is 2.74. The largest absolute Gasteiger partial charge is 0.495 e. The molecule has 0 aliphatic heterocycles. The summed E-state index contributed by atoms with van der Waals surface area (Å²) in [5.41, 5.74) is 1.41. The lowest BCUT2D eigenvalue weighted by Crippen LogP contribution is -2.33. The van der Waals surface area contributed by atoms with E-state index in [1.54, 1.807) is 20.3 Å². The molecule has 1 aliphatic rings. The average Bonchev–Trinajstić information content (AvgIpc) is 2.36. The molecule has 0 N–H and O–H groups in total. The first-order chi connectivity index (χ1) is 9.16. The molecule has 0 unspecified atom stereocenters. The Hall–Kier alpha value is -1.35. The normalized spacial score (nSPS) is 16.4. The van der Waals surface area contributed by atoms with Crippen LogP contribution in [0.3, 0.4) is 0 Å². The van der Waals surface area contributed by atoms with Crippen LogP contribution in [0, 0.1) is 0 Å². The maximum atomic E-state index is 10.7. The molecule has 4 nitrogen and oxygen atoms in total. The lowest BCUT2D eigenvalue weighted by atomic mass is 9.71. The number of benzene rings is 1. The highest BCUT2D eigenvalue weighted by Gasteiger charge is 2.40. The van der Waals surface area contributed by atoms with Crippen LogP contribution in [0.2, 0.25) is 5.02 Å². The number of hydrogen-bond acceptors (Lipinski definition) is 4. The average molecular weight is 282 g/mol. The van der Waals surface area contributed by atoms with Crippen LogP contribution in [0.1, 0.15) is 30.4 Å². The second-order valence-corrected chi connectivity index (χ2v) is 5.07. The summed E-state index contributed by atoms with van der Waals surface area (Å²) in [5.74, 6) is 0.599. The standard InChI is InChI=1S/C14H16ClNO3/c1-18-8-10-6-13(19-2)12(15)7-11(10)14(16-9-17)4-3-5-14/h6-7H,3-5,8H2,1-2H3. The fourth-order valence-electron chi connectivity index (χ4n) is 2.50. The molecule has 1 saturated carbocycles. The molecule has 5 heteroatoms. The number of isocyanates is 1. The molecule has 0 radical (unpaired) electrons. The first-order valence-corrected chi connectivity index (χ1v) is 6.49. The first-order valence-electron chi connectivity index (χ1n) is 6.11. The molecule has 0 aromatic heterocycles. The van der Waals surface area contributed by atoms with E-state index in [9.17, 15) is 4.79 Å². The molecule has 0 spiro atoms. The van der Waals surface area contributed by atoms with E-state index < -0.39 is 5.54 Å². The van der Waals surface area contributed by atoms with Gasteiger partial charge in [-0.25, -0.2) is 4.79 Å². The molecule has 102 valence electrons. The summed E-state index contributed by atoms with van der Waals surface area (Å²) in [5, 5.41) is 0.518. The third-order valence-electron chi connectivity index (χ3n) is 3.62. The van der Waals surface area contributed by atoms with Gasteiger partial charge in [0.05, 0.1) is 24.3 Å². The van der Waals surface area contributed by atoms with Gasteiger partial charge >= 0.3 is 0 Å². The Kier molecular flexibility index (Phi) is 4.25. The molecule has 0 saturated heterocycles. The van der Waals surface area contributed by atoms with Crippen LogP contribution in [0.25, 0.3) is 0 Å². The molecule has 1 aromatic carbocycles. The molecule has 0 atom stereocenters. The Morgan fingerprint density at radius 1 is 1.42 bits per heavy atom. The van der Waals surface area contributed by atoms with E-state index in [1.807, 2.05) is 12.1 Å². The van der Waals surface area contributed by atoms with Gasteiger partial charge in [-0.15, -0.1) is 0 Å². The van der Waals surface area contributed by atoms with E-state index in [-0.39, 0.29) is 0 Å². The molecule has 19 heavy (non-hydrogen) atoms. The predicted octanol–water partition coefficient (Wildman–Crippen LogP) is 3.21. The second kappa shape index (κ2) is 5.74.